The fourth-order valence-electron chi connectivity index (χ4n) is 4.64. The molecular weight excluding hydrogens is 433 g/mol. The molecule has 5 rings (SSSR count). The Morgan fingerprint density at radius 3 is 2.64 bits per heavy atom. The Hall–Kier alpha value is -3.24. The summed E-state index contributed by atoms with van der Waals surface area (Å²) in [6, 6.07) is 12.2. The van der Waals surface area contributed by atoms with Gasteiger partial charge in [0.05, 0.1) is 7.11 Å². The molecule has 0 bridgehead atoms. The van der Waals surface area contributed by atoms with Crippen LogP contribution in [0.1, 0.15) is 18.9 Å². The third-order valence-electron chi connectivity index (χ3n) is 6.86. The molecule has 0 aliphatic carbocycles. The van der Waals surface area contributed by atoms with Crippen molar-refractivity contribution in [1.82, 2.24) is 24.9 Å². The number of rotatable bonds is 4. The maximum atomic E-state index is 14.5. The van der Waals surface area contributed by atoms with Gasteiger partial charge < -0.3 is 15.8 Å². The molecule has 0 amide bonds. The van der Waals surface area contributed by atoms with Crippen molar-refractivity contribution in [2.75, 3.05) is 20.2 Å². The first-order chi connectivity index (χ1) is 15.7. The van der Waals surface area contributed by atoms with E-state index in [-0.39, 0.29) is 18.5 Å². The highest BCUT2D eigenvalue weighted by atomic mass is 19.4. The van der Waals surface area contributed by atoms with Gasteiger partial charge in [0.15, 0.2) is 11.5 Å². The molecule has 0 unspecified atom stereocenters. The van der Waals surface area contributed by atoms with Crippen LogP contribution in [-0.2, 0) is 5.41 Å². The van der Waals surface area contributed by atoms with E-state index in [9.17, 15) is 13.2 Å². The lowest BCUT2D eigenvalue weighted by molar-refractivity contribution is -0.203. The summed E-state index contributed by atoms with van der Waals surface area (Å²) < 4.78 is 50.5. The normalized spacial score (nSPS) is 20.9. The first-order valence-electron chi connectivity index (χ1n) is 10.5. The molecule has 1 aliphatic heterocycles. The SMILES string of the molecule is COc1cccc2ccc(-c3nnc4ccc([C@](C)(C(F)(F)F)[C@]5(N)CCNC5)cn34)nc12. The molecular formula is C23H23F3N6O. The van der Waals surface area contributed by atoms with E-state index in [1.807, 2.05) is 18.2 Å². The summed E-state index contributed by atoms with van der Waals surface area (Å²) in [5.41, 5.74) is 4.16. The van der Waals surface area contributed by atoms with Crippen molar-refractivity contribution in [3.8, 4) is 17.3 Å². The molecule has 1 aliphatic rings. The summed E-state index contributed by atoms with van der Waals surface area (Å²) in [5, 5.41) is 12.2. The number of nitrogens with zero attached hydrogens (tertiary/aromatic N) is 4. The van der Waals surface area contributed by atoms with Crippen LogP contribution in [0.5, 0.6) is 5.75 Å². The molecule has 172 valence electrons. The average molecular weight is 456 g/mol. The van der Waals surface area contributed by atoms with Crippen LogP contribution in [0.15, 0.2) is 48.7 Å². The smallest absolute Gasteiger partial charge is 0.400 e. The van der Waals surface area contributed by atoms with E-state index in [0.29, 0.717) is 35.0 Å². The van der Waals surface area contributed by atoms with Gasteiger partial charge in [-0.25, -0.2) is 4.98 Å². The molecule has 3 aromatic heterocycles. The van der Waals surface area contributed by atoms with E-state index in [4.69, 9.17) is 10.5 Å². The van der Waals surface area contributed by atoms with Crippen LogP contribution in [0, 0.1) is 0 Å². The van der Waals surface area contributed by atoms with Gasteiger partial charge in [0.1, 0.15) is 22.4 Å². The lowest BCUT2D eigenvalue weighted by Gasteiger charge is -2.45. The minimum atomic E-state index is -4.57. The van der Waals surface area contributed by atoms with E-state index >= 15 is 0 Å². The summed E-state index contributed by atoms with van der Waals surface area (Å²) in [6.07, 6.45) is -2.93. The van der Waals surface area contributed by atoms with Gasteiger partial charge in [0.2, 0.25) is 0 Å². The fourth-order valence-corrected chi connectivity index (χ4v) is 4.64. The Bertz CT molecular complexity index is 1350. The van der Waals surface area contributed by atoms with Gasteiger partial charge in [-0.15, -0.1) is 10.2 Å². The quantitative estimate of drug-likeness (QED) is 0.489. The van der Waals surface area contributed by atoms with Crippen molar-refractivity contribution in [3.05, 3.63) is 54.2 Å². The summed E-state index contributed by atoms with van der Waals surface area (Å²) in [6.45, 7) is 1.68. The fraction of sp³-hybridized carbons (Fsp3) is 0.348. The first-order valence-corrected chi connectivity index (χ1v) is 10.5. The van der Waals surface area contributed by atoms with E-state index in [0.717, 1.165) is 5.39 Å². The number of nitrogens with one attached hydrogen (secondary N) is 1. The molecule has 0 spiro atoms. The Morgan fingerprint density at radius 1 is 1.12 bits per heavy atom. The number of hydrogen-bond acceptors (Lipinski definition) is 6. The van der Waals surface area contributed by atoms with E-state index < -0.39 is 17.1 Å². The van der Waals surface area contributed by atoms with Gasteiger partial charge in [-0.2, -0.15) is 13.2 Å². The zero-order valence-corrected chi connectivity index (χ0v) is 18.1. The first kappa shape index (κ1) is 21.6. The number of fused-ring (bicyclic) bond motifs is 2. The number of pyridine rings is 2. The zero-order valence-electron chi connectivity index (χ0n) is 18.1. The van der Waals surface area contributed by atoms with Crippen LogP contribution >= 0.6 is 0 Å². The second kappa shape index (κ2) is 7.39. The van der Waals surface area contributed by atoms with Gasteiger partial charge in [0, 0.05) is 23.7 Å². The van der Waals surface area contributed by atoms with E-state index in [1.54, 1.807) is 19.2 Å². The van der Waals surface area contributed by atoms with Gasteiger partial charge in [-0.3, -0.25) is 4.40 Å². The number of hydrogen-bond donors (Lipinski definition) is 2. The van der Waals surface area contributed by atoms with Crippen molar-refractivity contribution in [1.29, 1.82) is 0 Å². The summed E-state index contributed by atoms with van der Waals surface area (Å²) in [7, 11) is 1.56. The number of benzene rings is 1. The largest absolute Gasteiger partial charge is 0.494 e. The molecule has 1 saturated heterocycles. The molecule has 1 fully saturated rings. The van der Waals surface area contributed by atoms with Crippen molar-refractivity contribution in [2.45, 2.75) is 30.5 Å². The second-order valence-electron chi connectivity index (χ2n) is 8.60. The number of ether oxygens (including phenoxy) is 1. The molecule has 4 heterocycles. The minimum Gasteiger partial charge on any atom is -0.494 e. The third kappa shape index (κ3) is 3.16. The number of para-hydroxylation sites is 1. The van der Waals surface area contributed by atoms with Gasteiger partial charge in [-0.05, 0) is 43.7 Å². The molecule has 33 heavy (non-hydrogen) atoms. The number of nitrogens with two attached hydrogens (primary N) is 1. The maximum Gasteiger partial charge on any atom is 0.400 e. The molecule has 10 heteroatoms. The van der Waals surface area contributed by atoms with Gasteiger partial charge in [0.25, 0.3) is 0 Å². The monoisotopic (exact) mass is 456 g/mol. The number of aromatic nitrogens is 4. The predicted molar refractivity (Wildman–Crippen MR) is 118 cm³/mol. The Morgan fingerprint density at radius 2 is 1.94 bits per heavy atom. The second-order valence-corrected chi connectivity index (χ2v) is 8.60. The number of methoxy groups -OCH3 is 1. The molecule has 1 aromatic carbocycles. The van der Waals surface area contributed by atoms with Gasteiger partial charge >= 0.3 is 6.18 Å². The van der Waals surface area contributed by atoms with Gasteiger partial charge in [-0.1, -0.05) is 24.3 Å². The third-order valence-corrected chi connectivity index (χ3v) is 6.86. The van der Waals surface area contributed by atoms with E-state index in [1.165, 1.54) is 29.7 Å². The summed E-state index contributed by atoms with van der Waals surface area (Å²) >= 11 is 0. The standard InChI is InChI=1S/C23H23F3N6O/c1-21(23(24,25)26,22(27)10-11-28-13-22)15-7-9-18-30-31-20(32(18)12-15)16-8-6-14-4-3-5-17(33-2)19(14)29-16/h3-9,12,28H,10-11,13,27H2,1-2H3/t21-,22-/m0/s1. The molecule has 0 radical (unpaired) electrons. The molecule has 2 atom stereocenters. The van der Waals surface area contributed by atoms with Crippen LogP contribution < -0.4 is 15.8 Å². The van der Waals surface area contributed by atoms with Crippen molar-refractivity contribution < 1.29 is 17.9 Å². The number of alkyl halides is 3. The highest BCUT2D eigenvalue weighted by molar-refractivity contribution is 5.86. The highest BCUT2D eigenvalue weighted by Crippen LogP contribution is 2.49. The van der Waals surface area contributed by atoms with Crippen molar-refractivity contribution in [2.24, 2.45) is 5.73 Å². The predicted octanol–water partition coefficient (Wildman–Crippen LogP) is 3.46. The Kier molecular flexibility index (Phi) is 4.84. The minimum absolute atomic E-state index is 0.0492. The van der Waals surface area contributed by atoms with Crippen LogP contribution in [0.3, 0.4) is 0 Å². The lowest BCUT2D eigenvalue weighted by atomic mass is 9.66. The van der Waals surface area contributed by atoms with Crippen LogP contribution in [-0.4, -0.2) is 51.5 Å². The Balaban J connectivity index is 1.69. The van der Waals surface area contributed by atoms with Crippen LogP contribution in [0.25, 0.3) is 28.1 Å². The summed E-state index contributed by atoms with van der Waals surface area (Å²) in [5.74, 6) is 0.923. The lowest BCUT2D eigenvalue weighted by Crippen LogP contribution is -2.64. The van der Waals surface area contributed by atoms with Crippen molar-refractivity contribution >= 4 is 16.6 Å². The number of halogens is 3. The average Bonchev–Trinajstić information content (AvgIpc) is 3.43. The summed E-state index contributed by atoms with van der Waals surface area (Å²) in [4.78, 5) is 4.67. The molecule has 0 saturated carbocycles. The molecule has 3 N–H and O–H groups in total. The van der Waals surface area contributed by atoms with Crippen molar-refractivity contribution in [3.63, 3.8) is 0 Å². The Labute approximate surface area is 187 Å². The molecule has 4 aromatic rings. The van der Waals surface area contributed by atoms with Crippen LogP contribution in [0.2, 0.25) is 0 Å². The highest BCUT2D eigenvalue weighted by Gasteiger charge is 2.63. The van der Waals surface area contributed by atoms with E-state index in [2.05, 4.69) is 20.5 Å². The van der Waals surface area contributed by atoms with Crippen LogP contribution in [0.4, 0.5) is 13.2 Å². The zero-order chi connectivity index (χ0) is 23.4. The maximum absolute atomic E-state index is 14.5. The molecule has 7 nitrogen and oxygen atoms in total. The topological polar surface area (TPSA) is 90.4 Å².